The van der Waals surface area contributed by atoms with Crippen molar-refractivity contribution < 1.29 is 9.59 Å². The highest BCUT2D eigenvalue weighted by molar-refractivity contribution is 7.09. The van der Waals surface area contributed by atoms with Crippen LogP contribution in [0.4, 0.5) is 10.5 Å². The summed E-state index contributed by atoms with van der Waals surface area (Å²) in [6.45, 7) is 4.18. The minimum absolute atomic E-state index is 0.0678. The molecule has 0 spiro atoms. The second kappa shape index (κ2) is 12.5. The molecule has 0 saturated heterocycles. The van der Waals surface area contributed by atoms with Crippen molar-refractivity contribution in [3.8, 4) is 0 Å². The zero-order valence-electron chi connectivity index (χ0n) is 20.7. The van der Waals surface area contributed by atoms with Crippen LogP contribution in [0.15, 0.2) is 90.3 Å². The first-order valence-corrected chi connectivity index (χ1v) is 13.3. The Morgan fingerprint density at radius 2 is 1.59 bits per heavy atom. The summed E-state index contributed by atoms with van der Waals surface area (Å²) in [4.78, 5) is 32.4. The number of nitrogens with one attached hydrogen (secondary N) is 2. The summed E-state index contributed by atoms with van der Waals surface area (Å²) >= 11 is 7.31. The standard InChI is InChI=1S/C29H29ClN4O2S/c1-20(2)34(29(36)31-24-15-13-23(30)14-16-24)18-27-32-26(19-37-27)28(35)33-25(22-11-7-4-8-12-22)17-21-9-5-3-6-10-21/h3-16,19-20,25H,17-18H2,1-2H3,(H,31,36)(H,33,35). The van der Waals surface area contributed by atoms with Crippen molar-refractivity contribution in [2.24, 2.45) is 0 Å². The normalized spacial score (nSPS) is 11.7. The molecule has 1 aromatic heterocycles. The van der Waals surface area contributed by atoms with E-state index in [4.69, 9.17) is 11.6 Å². The Morgan fingerprint density at radius 1 is 0.946 bits per heavy atom. The molecule has 0 fully saturated rings. The van der Waals surface area contributed by atoms with Gasteiger partial charge >= 0.3 is 6.03 Å². The van der Waals surface area contributed by atoms with Crippen LogP contribution >= 0.6 is 22.9 Å². The lowest BCUT2D eigenvalue weighted by atomic mass is 9.99. The monoisotopic (exact) mass is 532 g/mol. The fourth-order valence-electron chi connectivity index (χ4n) is 3.87. The zero-order valence-corrected chi connectivity index (χ0v) is 22.3. The molecule has 0 radical (unpaired) electrons. The predicted octanol–water partition coefficient (Wildman–Crippen LogP) is 6.95. The van der Waals surface area contributed by atoms with Gasteiger partial charge in [0.05, 0.1) is 12.6 Å². The lowest BCUT2D eigenvalue weighted by Gasteiger charge is -2.26. The van der Waals surface area contributed by atoms with E-state index in [1.807, 2.05) is 62.4 Å². The quantitative estimate of drug-likeness (QED) is 0.245. The molecule has 0 aliphatic carbocycles. The molecule has 3 aromatic carbocycles. The smallest absolute Gasteiger partial charge is 0.322 e. The molecule has 2 N–H and O–H groups in total. The van der Waals surface area contributed by atoms with Gasteiger partial charge in [-0.05, 0) is 55.7 Å². The molecule has 0 bridgehead atoms. The summed E-state index contributed by atoms with van der Waals surface area (Å²) in [6, 6.07) is 26.5. The number of urea groups is 1. The third kappa shape index (κ3) is 7.41. The van der Waals surface area contributed by atoms with Crippen molar-refractivity contribution in [1.29, 1.82) is 0 Å². The number of hydrogen-bond acceptors (Lipinski definition) is 4. The molecule has 1 unspecified atom stereocenters. The Balaban J connectivity index is 1.44. The highest BCUT2D eigenvalue weighted by Gasteiger charge is 2.22. The maximum absolute atomic E-state index is 13.2. The number of hydrogen-bond donors (Lipinski definition) is 2. The van der Waals surface area contributed by atoms with E-state index in [0.717, 1.165) is 11.1 Å². The average Bonchev–Trinajstić information content (AvgIpc) is 3.38. The summed E-state index contributed by atoms with van der Waals surface area (Å²) in [6.07, 6.45) is 0.666. The molecule has 190 valence electrons. The first kappa shape index (κ1) is 26.4. The molecule has 4 rings (SSSR count). The Hall–Kier alpha value is -3.68. The van der Waals surface area contributed by atoms with Crippen molar-refractivity contribution in [1.82, 2.24) is 15.2 Å². The topological polar surface area (TPSA) is 74.3 Å². The summed E-state index contributed by atoms with van der Waals surface area (Å²) in [5.74, 6) is -0.242. The van der Waals surface area contributed by atoms with Crippen LogP contribution in [0.3, 0.4) is 0 Å². The summed E-state index contributed by atoms with van der Waals surface area (Å²) in [7, 11) is 0. The first-order chi connectivity index (χ1) is 17.9. The summed E-state index contributed by atoms with van der Waals surface area (Å²) in [5.41, 5.74) is 3.16. The van der Waals surface area contributed by atoms with Gasteiger partial charge in [-0.1, -0.05) is 72.3 Å². The van der Waals surface area contributed by atoms with E-state index < -0.39 is 0 Å². The number of nitrogens with zero attached hydrogens (tertiary/aromatic N) is 2. The second-order valence-electron chi connectivity index (χ2n) is 8.91. The average molecular weight is 533 g/mol. The second-order valence-corrected chi connectivity index (χ2v) is 10.3. The molecule has 4 aromatic rings. The zero-order chi connectivity index (χ0) is 26.2. The lowest BCUT2D eigenvalue weighted by Crippen LogP contribution is -2.39. The van der Waals surface area contributed by atoms with Crippen LogP contribution in [0, 0.1) is 0 Å². The molecule has 8 heteroatoms. The summed E-state index contributed by atoms with van der Waals surface area (Å²) in [5, 5.41) is 9.07. The van der Waals surface area contributed by atoms with Crippen molar-refractivity contribution >= 4 is 40.6 Å². The van der Waals surface area contributed by atoms with E-state index >= 15 is 0 Å². The highest BCUT2D eigenvalue weighted by atomic mass is 35.5. The SMILES string of the molecule is CC(C)N(Cc1nc(C(=O)NC(Cc2ccccc2)c2ccccc2)cs1)C(=O)Nc1ccc(Cl)cc1. The van der Waals surface area contributed by atoms with Gasteiger partial charge in [-0.3, -0.25) is 4.79 Å². The number of anilines is 1. The molecule has 0 saturated carbocycles. The van der Waals surface area contributed by atoms with Gasteiger partial charge in [-0.2, -0.15) is 0 Å². The molecular weight excluding hydrogens is 504 g/mol. The van der Waals surface area contributed by atoms with E-state index in [1.54, 1.807) is 34.5 Å². The van der Waals surface area contributed by atoms with Crippen LogP contribution < -0.4 is 10.6 Å². The van der Waals surface area contributed by atoms with E-state index in [-0.39, 0.29) is 24.0 Å². The Morgan fingerprint density at radius 3 is 2.24 bits per heavy atom. The fourth-order valence-corrected chi connectivity index (χ4v) is 4.77. The van der Waals surface area contributed by atoms with Crippen LogP contribution in [0.2, 0.25) is 5.02 Å². The number of rotatable bonds is 9. The maximum Gasteiger partial charge on any atom is 0.322 e. The molecule has 1 atom stereocenters. The highest BCUT2D eigenvalue weighted by Crippen LogP contribution is 2.21. The molecule has 1 heterocycles. The number of carbonyl (C=O) groups is 2. The van der Waals surface area contributed by atoms with E-state index in [9.17, 15) is 9.59 Å². The van der Waals surface area contributed by atoms with Crippen LogP contribution in [0.25, 0.3) is 0 Å². The fraction of sp³-hybridized carbons (Fsp3) is 0.207. The first-order valence-electron chi connectivity index (χ1n) is 12.1. The van der Waals surface area contributed by atoms with Crippen LogP contribution in [-0.2, 0) is 13.0 Å². The van der Waals surface area contributed by atoms with Crippen LogP contribution in [0.1, 0.15) is 46.5 Å². The van der Waals surface area contributed by atoms with Gasteiger partial charge in [0, 0.05) is 22.1 Å². The van der Waals surface area contributed by atoms with Crippen LogP contribution in [-0.4, -0.2) is 27.9 Å². The van der Waals surface area contributed by atoms with Crippen LogP contribution in [0.5, 0.6) is 0 Å². The van der Waals surface area contributed by atoms with Gasteiger partial charge in [0.15, 0.2) is 0 Å². The largest absolute Gasteiger partial charge is 0.344 e. The Labute approximate surface area is 226 Å². The van der Waals surface area contributed by atoms with Crippen molar-refractivity contribution in [3.63, 3.8) is 0 Å². The lowest BCUT2D eigenvalue weighted by molar-refractivity contribution is 0.0932. The molecule has 3 amide bonds. The van der Waals surface area contributed by atoms with E-state index in [1.165, 1.54) is 11.3 Å². The van der Waals surface area contributed by atoms with Gasteiger partial charge in [-0.25, -0.2) is 9.78 Å². The van der Waals surface area contributed by atoms with Gasteiger partial charge in [-0.15, -0.1) is 11.3 Å². The number of halogens is 1. The number of aromatic nitrogens is 1. The summed E-state index contributed by atoms with van der Waals surface area (Å²) < 4.78 is 0. The third-order valence-corrected chi connectivity index (χ3v) is 6.95. The number of carbonyl (C=O) groups excluding carboxylic acids is 2. The van der Waals surface area contributed by atoms with Crippen molar-refractivity contribution in [3.05, 3.63) is 117 Å². The van der Waals surface area contributed by atoms with E-state index in [0.29, 0.717) is 34.4 Å². The Kier molecular flexibility index (Phi) is 8.93. The van der Waals surface area contributed by atoms with Gasteiger partial charge < -0.3 is 15.5 Å². The van der Waals surface area contributed by atoms with Gasteiger partial charge in [0.25, 0.3) is 5.91 Å². The molecular formula is C29H29ClN4O2S. The molecule has 37 heavy (non-hydrogen) atoms. The predicted molar refractivity (Wildman–Crippen MR) is 150 cm³/mol. The van der Waals surface area contributed by atoms with Gasteiger partial charge in [0.1, 0.15) is 10.7 Å². The van der Waals surface area contributed by atoms with Crippen molar-refractivity contribution in [2.45, 2.75) is 38.9 Å². The Bertz CT molecular complexity index is 1310. The molecule has 0 aliphatic heterocycles. The third-order valence-electron chi connectivity index (χ3n) is 5.86. The van der Waals surface area contributed by atoms with Crippen molar-refractivity contribution in [2.75, 3.05) is 5.32 Å². The number of thiazole rings is 1. The number of amides is 3. The van der Waals surface area contributed by atoms with Gasteiger partial charge in [0.2, 0.25) is 0 Å². The number of benzene rings is 3. The minimum atomic E-state index is -0.245. The van der Waals surface area contributed by atoms with E-state index in [2.05, 4.69) is 27.8 Å². The minimum Gasteiger partial charge on any atom is -0.344 e. The maximum atomic E-state index is 13.2. The molecule has 0 aliphatic rings. The molecule has 6 nitrogen and oxygen atoms in total.